The van der Waals surface area contributed by atoms with Crippen LogP contribution < -0.4 is 5.32 Å². The first kappa shape index (κ1) is 15.5. The maximum Gasteiger partial charge on any atom is 0.240 e. The van der Waals surface area contributed by atoms with Gasteiger partial charge in [0.1, 0.15) is 5.41 Å². The van der Waals surface area contributed by atoms with Gasteiger partial charge < -0.3 is 10.2 Å². The average molecular weight is 288 g/mol. The van der Waals surface area contributed by atoms with E-state index in [2.05, 4.69) is 12.2 Å². The van der Waals surface area contributed by atoms with Crippen LogP contribution >= 0.6 is 0 Å². The van der Waals surface area contributed by atoms with Gasteiger partial charge in [-0.3, -0.25) is 9.59 Å². The summed E-state index contributed by atoms with van der Waals surface area (Å²) in [6.07, 6.45) is 2.28. The topological polar surface area (TPSA) is 49.4 Å². The van der Waals surface area contributed by atoms with Gasteiger partial charge in [-0.15, -0.1) is 0 Å². The zero-order valence-corrected chi connectivity index (χ0v) is 13.1. The fourth-order valence-electron chi connectivity index (χ4n) is 2.55. The first-order valence-electron chi connectivity index (χ1n) is 7.77. The van der Waals surface area contributed by atoms with Gasteiger partial charge in [0.2, 0.25) is 11.8 Å². The van der Waals surface area contributed by atoms with E-state index in [1.165, 1.54) is 5.56 Å². The third-order valence-electron chi connectivity index (χ3n) is 4.26. The van der Waals surface area contributed by atoms with Crippen LogP contribution in [-0.4, -0.2) is 29.8 Å². The first-order valence-corrected chi connectivity index (χ1v) is 7.77. The highest BCUT2D eigenvalue weighted by molar-refractivity contribution is 6.13. The van der Waals surface area contributed by atoms with Crippen molar-refractivity contribution in [1.82, 2.24) is 4.90 Å². The van der Waals surface area contributed by atoms with E-state index >= 15 is 0 Å². The van der Waals surface area contributed by atoms with Crippen molar-refractivity contribution in [1.29, 1.82) is 0 Å². The largest absolute Gasteiger partial charge is 0.342 e. The SMILES string of the molecule is CCc1ccc(NC(=O)C2(C(=O)N(CC)CC)CC2)cc1. The molecule has 2 amide bonds. The predicted octanol–water partition coefficient (Wildman–Crippen LogP) is 2.84. The van der Waals surface area contributed by atoms with Crippen molar-refractivity contribution in [2.24, 2.45) is 5.41 Å². The van der Waals surface area contributed by atoms with Crippen molar-refractivity contribution in [3.05, 3.63) is 29.8 Å². The van der Waals surface area contributed by atoms with E-state index in [4.69, 9.17) is 0 Å². The summed E-state index contributed by atoms with van der Waals surface area (Å²) in [4.78, 5) is 26.7. The minimum atomic E-state index is -0.824. The third kappa shape index (κ3) is 3.09. The Kier molecular flexibility index (Phi) is 4.66. The Labute approximate surface area is 126 Å². The van der Waals surface area contributed by atoms with Crippen LogP contribution in [0.25, 0.3) is 0 Å². The Bertz CT molecular complexity index is 514. The van der Waals surface area contributed by atoms with E-state index in [0.29, 0.717) is 25.9 Å². The Morgan fingerprint density at radius 2 is 1.67 bits per heavy atom. The third-order valence-corrected chi connectivity index (χ3v) is 4.26. The number of rotatable bonds is 6. The van der Waals surface area contributed by atoms with E-state index in [-0.39, 0.29) is 11.8 Å². The van der Waals surface area contributed by atoms with Gasteiger partial charge in [0.05, 0.1) is 0 Å². The van der Waals surface area contributed by atoms with Crippen LogP contribution in [0.2, 0.25) is 0 Å². The Hall–Kier alpha value is -1.84. The molecule has 1 fully saturated rings. The van der Waals surface area contributed by atoms with Gasteiger partial charge in [0.15, 0.2) is 0 Å². The number of anilines is 1. The molecule has 1 aliphatic carbocycles. The molecule has 1 N–H and O–H groups in total. The first-order chi connectivity index (χ1) is 10.1. The summed E-state index contributed by atoms with van der Waals surface area (Å²) in [6, 6.07) is 7.80. The molecule has 2 rings (SSSR count). The highest BCUT2D eigenvalue weighted by Crippen LogP contribution is 2.48. The number of carbonyl (C=O) groups is 2. The molecule has 1 aromatic rings. The smallest absolute Gasteiger partial charge is 0.240 e. The molecule has 114 valence electrons. The Balaban J connectivity index is 2.06. The number of aryl methyl sites for hydroxylation is 1. The number of amides is 2. The van der Waals surface area contributed by atoms with Crippen LogP contribution in [0.5, 0.6) is 0 Å². The molecule has 0 radical (unpaired) electrons. The lowest BCUT2D eigenvalue weighted by Crippen LogP contribution is -2.42. The molecular weight excluding hydrogens is 264 g/mol. The lowest BCUT2D eigenvalue weighted by atomic mass is 10.0. The number of carbonyl (C=O) groups excluding carboxylic acids is 2. The number of nitrogens with zero attached hydrogens (tertiary/aromatic N) is 1. The molecular formula is C17H24N2O2. The minimum absolute atomic E-state index is 0.0322. The monoisotopic (exact) mass is 288 g/mol. The number of benzene rings is 1. The summed E-state index contributed by atoms with van der Waals surface area (Å²) in [6.45, 7) is 7.28. The van der Waals surface area contributed by atoms with Crippen molar-refractivity contribution >= 4 is 17.5 Å². The molecule has 0 saturated heterocycles. The zero-order valence-electron chi connectivity index (χ0n) is 13.1. The quantitative estimate of drug-likeness (QED) is 0.818. The Morgan fingerprint density at radius 3 is 2.10 bits per heavy atom. The van der Waals surface area contributed by atoms with Crippen molar-refractivity contribution < 1.29 is 9.59 Å². The molecule has 1 aliphatic rings. The van der Waals surface area contributed by atoms with Crippen LogP contribution in [0.1, 0.15) is 39.2 Å². The summed E-state index contributed by atoms with van der Waals surface area (Å²) in [7, 11) is 0. The number of nitrogens with one attached hydrogen (secondary N) is 1. The summed E-state index contributed by atoms with van der Waals surface area (Å²) in [5, 5.41) is 2.89. The number of hydrogen-bond donors (Lipinski definition) is 1. The predicted molar refractivity (Wildman–Crippen MR) is 84.0 cm³/mol. The second-order valence-electron chi connectivity index (χ2n) is 5.56. The second-order valence-corrected chi connectivity index (χ2v) is 5.56. The van der Waals surface area contributed by atoms with Crippen molar-refractivity contribution in [3.8, 4) is 0 Å². The summed E-state index contributed by atoms with van der Waals surface area (Å²) < 4.78 is 0. The van der Waals surface area contributed by atoms with Crippen LogP contribution in [0, 0.1) is 5.41 Å². The van der Waals surface area contributed by atoms with E-state index in [1.807, 2.05) is 38.1 Å². The lowest BCUT2D eigenvalue weighted by Gasteiger charge is -2.24. The standard InChI is InChI=1S/C17H24N2O2/c1-4-13-7-9-14(10-8-13)18-15(20)17(11-12-17)16(21)19(5-2)6-3/h7-10H,4-6,11-12H2,1-3H3,(H,18,20). The van der Waals surface area contributed by atoms with E-state index in [1.54, 1.807) is 4.90 Å². The molecule has 0 heterocycles. The van der Waals surface area contributed by atoms with Gasteiger partial charge in [-0.1, -0.05) is 19.1 Å². The van der Waals surface area contributed by atoms with Crippen LogP contribution in [0.3, 0.4) is 0 Å². The average Bonchev–Trinajstić information content (AvgIpc) is 3.31. The van der Waals surface area contributed by atoms with E-state index in [9.17, 15) is 9.59 Å². The normalized spacial score (nSPS) is 15.4. The highest BCUT2D eigenvalue weighted by Gasteiger charge is 2.57. The molecule has 1 saturated carbocycles. The molecule has 0 aliphatic heterocycles. The lowest BCUT2D eigenvalue weighted by molar-refractivity contribution is -0.141. The maximum atomic E-state index is 12.5. The fraction of sp³-hybridized carbons (Fsp3) is 0.529. The zero-order chi connectivity index (χ0) is 15.5. The molecule has 4 nitrogen and oxygen atoms in total. The van der Waals surface area contributed by atoms with Crippen molar-refractivity contribution in [2.45, 2.75) is 40.0 Å². The van der Waals surface area contributed by atoms with Gasteiger partial charge in [0, 0.05) is 18.8 Å². The Morgan fingerprint density at radius 1 is 1.10 bits per heavy atom. The molecule has 4 heteroatoms. The minimum Gasteiger partial charge on any atom is -0.342 e. The van der Waals surface area contributed by atoms with Gasteiger partial charge in [-0.2, -0.15) is 0 Å². The molecule has 0 spiro atoms. The van der Waals surface area contributed by atoms with Gasteiger partial charge in [0.25, 0.3) is 0 Å². The molecule has 0 unspecified atom stereocenters. The van der Waals surface area contributed by atoms with Crippen LogP contribution in [0.15, 0.2) is 24.3 Å². The highest BCUT2D eigenvalue weighted by atomic mass is 16.2. The summed E-state index contributed by atoms with van der Waals surface area (Å²) in [5.41, 5.74) is 1.17. The molecule has 0 aromatic heterocycles. The van der Waals surface area contributed by atoms with E-state index in [0.717, 1.165) is 12.1 Å². The molecule has 0 bridgehead atoms. The van der Waals surface area contributed by atoms with Crippen LogP contribution in [0.4, 0.5) is 5.69 Å². The maximum absolute atomic E-state index is 12.5. The number of hydrogen-bond acceptors (Lipinski definition) is 2. The molecule has 1 aromatic carbocycles. The summed E-state index contributed by atoms with van der Waals surface area (Å²) >= 11 is 0. The molecule has 0 atom stereocenters. The summed E-state index contributed by atoms with van der Waals surface area (Å²) in [5.74, 6) is -0.196. The van der Waals surface area contributed by atoms with Crippen molar-refractivity contribution in [2.75, 3.05) is 18.4 Å². The van der Waals surface area contributed by atoms with Gasteiger partial charge >= 0.3 is 0 Å². The van der Waals surface area contributed by atoms with Crippen molar-refractivity contribution in [3.63, 3.8) is 0 Å². The van der Waals surface area contributed by atoms with Crippen LogP contribution in [-0.2, 0) is 16.0 Å². The van der Waals surface area contributed by atoms with E-state index < -0.39 is 5.41 Å². The van der Waals surface area contributed by atoms with Gasteiger partial charge in [-0.25, -0.2) is 0 Å². The fourth-order valence-corrected chi connectivity index (χ4v) is 2.55. The van der Waals surface area contributed by atoms with Gasteiger partial charge in [-0.05, 0) is 50.8 Å². The molecule has 21 heavy (non-hydrogen) atoms. The second kappa shape index (κ2) is 6.29.